The zero-order chi connectivity index (χ0) is 10.4. The molecule has 0 aliphatic heterocycles. The predicted octanol–water partition coefficient (Wildman–Crippen LogP) is 1.35. The summed E-state index contributed by atoms with van der Waals surface area (Å²) < 4.78 is 4.59. The van der Waals surface area contributed by atoms with Gasteiger partial charge in [-0.05, 0) is 23.8 Å². The fourth-order valence-electron chi connectivity index (χ4n) is 0.808. The van der Waals surface area contributed by atoms with Crippen molar-refractivity contribution in [3.8, 4) is 11.8 Å². The highest BCUT2D eigenvalue weighted by molar-refractivity contribution is 7.07. The number of esters is 1. The summed E-state index contributed by atoms with van der Waals surface area (Å²) in [5.41, 5.74) is 0.701. The van der Waals surface area contributed by atoms with Gasteiger partial charge in [0.15, 0.2) is 0 Å². The fraction of sp³-hybridized carbons (Fsp3) is 0.300. The van der Waals surface area contributed by atoms with E-state index in [0.29, 0.717) is 12.2 Å². The zero-order valence-electron chi connectivity index (χ0n) is 7.69. The quantitative estimate of drug-likeness (QED) is 0.455. The van der Waals surface area contributed by atoms with Gasteiger partial charge in [0.2, 0.25) is 0 Å². The molecule has 1 rings (SSSR count). The van der Waals surface area contributed by atoms with Gasteiger partial charge >= 0.3 is 5.97 Å². The lowest BCUT2D eigenvalue weighted by molar-refractivity contribution is -0.136. The lowest BCUT2D eigenvalue weighted by atomic mass is 10.2. The number of hydrogen-bond donors (Lipinski definition) is 1. The molecule has 1 heterocycles. The highest BCUT2D eigenvalue weighted by atomic mass is 32.1. The Bertz CT molecular complexity index is 345. The molecule has 0 spiro atoms. The number of aliphatic hydroxyl groups excluding tert-OH is 1. The Balaban J connectivity index is 2.55. The first-order valence-electron chi connectivity index (χ1n) is 4.12. The maximum atomic E-state index is 10.8. The van der Waals surface area contributed by atoms with E-state index in [1.54, 1.807) is 18.4 Å². The average Bonchev–Trinajstić information content (AvgIpc) is 2.67. The predicted molar refractivity (Wildman–Crippen MR) is 53.7 cm³/mol. The van der Waals surface area contributed by atoms with E-state index in [-0.39, 0.29) is 0 Å². The van der Waals surface area contributed by atoms with Gasteiger partial charge in [0.25, 0.3) is 0 Å². The van der Waals surface area contributed by atoms with Crippen LogP contribution in [0.4, 0.5) is 0 Å². The third kappa shape index (κ3) is 3.21. The van der Waals surface area contributed by atoms with Gasteiger partial charge < -0.3 is 9.84 Å². The summed E-state index contributed by atoms with van der Waals surface area (Å²) in [6, 6.07) is 1.76. The number of aliphatic hydroxyl groups is 1. The monoisotopic (exact) mass is 210 g/mol. The van der Waals surface area contributed by atoms with Crippen molar-refractivity contribution in [1.29, 1.82) is 0 Å². The molecule has 0 bridgehead atoms. The molecule has 0 saturated carbocycles. The summed E-state index contributed by atoms with van der Waals surface area (Å²) in [5.74, 6) is 4.01. The molecule has 1 N–H and O–H groups in total. The van der Waals surface area contributed by atoms with Crippen molar-refractivity contribution < 1.29 is 14.6 Å². The van der Waals surface area contributed by atoms with Gasteiger partial charge in [-0.1, -0.05) is 5.92 Å². The van der Waals surface area contributed by atoms with E-state index in [4.69, 9.17) is 0 Å². The van der Waals surface area contributed by atoms with Gasteiger partial charge in [-0.2, -0.15) is 11.3 Å². The maximum absolute atomic E-state index is 10.8. The third-order valence-corrected chi connectivity index (χ3v) is 2.15. The normalized spacial score (nSPS) is 11.3. The smallest absolute Gasteiger partial charge is 0.384 e. The van der Waals surface area contributed by atoms with Gasteiger partial charge in [-0.25, -0.2) is 4.79 Å². The van der Waals surface area contributed by atoms with E-state index in [2.05, 4.69) is 16.6 Å². The van der Waals surface area contributed by atoms with Crippen LogP contribution >= 0.6 is 11.3 Å². The van der Waals surface area contributed by atoms with E-state index in [1.807, 2.05) is 5.38 Å². The van der Waals surface area contributed by atoms with Crippen LogP contribution in [0.15, 0.2) is 16.8 Å². The highest BCUT2D eigenvalue weighted by Gasteiger charge is 2.03. The van der Waals surface area contributed by atoms with Crippen LogP contribution in [-0.2, 0) is 9.53 Å². The Hall–Kier alpha value is -1.31. The van der Waals surface area contributed by atoms with E-state index < -0.39 is 12.1 Å². The Morgan fingerprint density at radius 3 is 3.14 bits per heavy atom. The molecule has 0 fully saturated rings. The summed E-state index contributed by atoms with van der Waals surface area (Å²) in [7, 11) is 0. The van der Waals surface area contributed by atoms with Gasteiger partial charge in [-0.15, -0.1) is 0 Å². The van der Waals surface area contributed by atoms with Crippen molar-refractivity contribution in [3.05, 3.63) is 22.4 Å². The van der Waals surface area contributed by atoms with Gasteiger partial charge in [-0.3, -0.25) is 0 Å². The SMILES string of the molecule is CCOC(=O)C#CC(O)c1ccsc1. The van der Waals surface area contributed by atoms with Gasteiger partial charge in [0.1, 0.15) is 6.10 Å². The van der Waals surface area contributed by atoms with Crippen molar-refractivity contribution in [2.45, 2.75) is 13.0 Å². The first-order valence-corrected chi connectivity index (χ1v) is 5.06. The van der Waals surface area contributed by atoms with Crippen molar-refractivity contribution in [3.63, 3.8) is 0 Å². The zero-order valence-corrected chi connectivity index (χ0v) is 8.50. The average molecular weight is 210 g/mol. The van der Waals surface area contributed by atoms with Crippen LogP contribution in [0, 0.1) is 11.8 Å². The number of hydrogen-bond acceptors (Lipinski definition) is 4. The number of carbonyl (C=O) groups excluding carboxylic acids is 1. The summed E-state index contributed by atoms with van der Waals surface area (Å²) >= 11 is 1.47. The van der Waals surface area contributed by atoms with Crippen molar-refractivity contribution in [1.82, 2.24) is 0 Å². The molecule has 1 unspecified atom stereocenters. The van der Waals surface area contributed by atoms with Crippen LogP contribution in [0.25, 0.3) is 0 Å². The van der Waals surface area contributed by atoms with Crippen LogP contribution in [0.1, 0.15) is 18.6 Å². The molecule has 1 atom stereocenters. The van der Waals surface area contributed by atoms with Crippen LogP contribution in [0.3, 0.4) is 0 Å². The van der Waals surface area contributed by atoms with Crippen molar-refractivity contribution >= 4 is 17.3 Å². The second-order valence-corrected chi connectivity index (χ2v) is 3.23. The van der Waals surface area contributed by atoms with Crippen LogP contribution in [0.5, 0.6) is 0 Å². The number of ether oxygens (including phenoxy) is 1. The van der Waals surface area contributed by atoms with Gasteiger partial charge in [0.05, 0.1) is 6.61 Å². The molecule has 0 saturated heterocycles. The number of rotatable bonds is 2. The summed E-state index contributed by atoms with van der Waals surface area (Å²) in [6.45, 7) is 2.00. The minimum Gasteiger partial charge on any atom is -0.456 e. The van der Waals surface area contributed by atoms with Crippen LogP contribution < -0.4 is 0 Å². The molecule has 0 aliphatic carbocycles. The first-order chi connectivity index (χ1) is 6.74. The highest BCUT2D eigenvalue weighted by Crippen LogP contribution is 2.14. The molecule has 0 aliphatic rings. The van der Waals surface area contributed by atoms with E-state index >= 15 is 0 Å². The second-order valence-electron chi connectivity index (χ2n) is 2.45. The minimum absolute atomic E-state index is 0.294. The Kier molecular flexibility index (Phi) is 4.17. The molecule has 74 valence electrons. The molecule has 3 nitrogen and oxygen atoms in total. The minimum atomic E-state index is -0.911. The van der Waals surface area contributed by atoms with Crippen molar-refractivity contribution in [2.75, 3.05) is 6.61 Å². The van der Waals surface area contributed by atoms with E-state index in [1.165, 1.54) is 11.3 Å². The molecule has 0 radical (unpaired) electrons. The Morgan fingerprint density at radius 1 is 1.79 bits per heavy atom. The summed E-state index contributed by atoms with van der Waals surface area (Å²) in [4.78, 5) is 10.8. The molecule has 1 aromatic heterocycles. The maximum Gasteiger partial charge on any atom is 0.384 e. The summed E-state index contributed by atoms with van der Waals surface area (Å²) in [5, 5.41) is 13.1. The molecule has 0 amide bonds. The van der Waals surface area contributed by atoms with Crippen molar-refractivity contribution in [2.24, 2.45) is 0 Å². The molecule has 1 aromatic rings. The van der Waals surface area contributed by atoms with Gasteiger partial charge in [0, 0.05) is 11.5 Å². The summed E-state index contributed by atoms with van der Waals surface area (Å²) in [6.07, 6.45) is -0.911. The number of carbonyl (C=O) groups is 1. The second kappa shape index (κ2) is 5.43. The van der Waals surface area contributed by atoms with E-state index in [0.717, 1.165) is 0 Å². The molecule has 14 heavy (non-hydrogen) atoms. The van der Waals surface area contributed by atoms with Crippen LogP contribution in [-0.4, -0.2) is 17.7 Å². The third-order valence-electron chi connectivity index (χ3n) is 1.45. The Morgan fingerprint density at radius 2 is 2.57 bits per heavy atom. The lowest BCUT2D eigenvalue weighted by Gasteiger charge is -1.97. The molecular formula is C10H10O3S. The Labute approximate surface area is 86.3 Å². The van der Waals surface area contributed by atoms with Crippen LogP contribution in [0.2, 0.25) is 0 Å². The molecule has 0 aromatic carbocycles. The largest absolute Gasteiger partial charge is 0.456 e. The standard InChI is InChI=1S/C10H10O3S/c1-2-13-10(12)4-3-9(11)8-5-6-14-7-8/h5-7,9,11H,2H2,1H3. The topological polar surface area (TPSA) is 46.5 Å². The molecular weight excluding hydrogens is 200 g/mol. The molecule has 4 heteroatoms. The number of thiophene rings is 1. The first kappa shape index (κ1) is 10.8. The van der Waals surface area contributed by atoms with E-state index in [9.17, 15) is 9.90 Å². The lowest BCUT2D eigenvalue weighted by Crippen LogP contribution is -2.01. The fourth-order valence-corrected chi connectivity index (χ4v) is 1.49.